The normalized spacial score (nSPS) is 9.64. The van der Waals surface area contributed by atoms with Gasteiger partial charge in [-0.25, -0.2) is 0 Å². The van der Waals surface area contributed by atoms with E-state index in [1.54, 1.807) is 17.1 Å². The van der Waals surface area contributed by atoms with Crippen molar-refractivity contribution in [3.8, 4) is 0 Å². The van der Waals surface area contributed by atoms with Gasteiger partial charge < -0.3 is 5.32 Å². The summed E-state index contributed by atoms with van der Waals surface area (Å²) in [6.45, 7) is 4.29. The van der Waals surface area contributed by atoms with Crippen LogP contribution in [0.15, 0.2) is 12.4 Å². The van der Waals surface area contributed by atoms with Gasteiger partial charge in [-0.15, -0.1) is 0 Å². The number of hydrogen-bond donors (Lipinski definition) is 1. The van der Waals surface area contributed by atoms with Crippen LogP contribution in [-0.2, 0) is 11.3 Å². The van der Waals surface area contributed by atoms with Crippen molar-refractivity contribution < 1.29 is 4.79 Å². The highest BCUT2D eigenvalue weighted by atomic mass is 16.1. The number of carbonyl (C=O) groups excluding carboxylic acids is 1. The summed E-state index contributed by atoms with van der Waals surface area (Å²) in [7, 11) is 0. The fraction of sp³-hybridized carbons (Fsp3) is 0.429. The first-order valence-corrected chi connectivity index (χ1v) is 3.52. The summed E-state index contributed by atoms with van der Waals surface area (Å²) in [5, 5.41) is 6.63. The molecule has 0 spiro atoms. The van der Waals surface area contributed by atoms with Gasteiger partial charge in [0.05, 0.1) is 11.9 Å². The molecule has 0 unspecified atom stereocenters. The molecule has 0 aromatic carbocycles. The molecule has 4 nitrogen and oxygen atoms in total. The molecule has 1 rings (SSSR count). The van der Waals surface area contributed by atoms with Gasteiger partial charge in [0.25, 0.3) is 0 Å². The lowest BCUT2D eigenvalue weighted by Crippen LogP contribution is -2.04. The third kappa shape index (κ3) is 2.07. The Morgan fingerprint density at radius 1 is 1.82 bits per heavy atom. The van der Waals surface area contributed by atoms with E-state index >= 15 is 0 Å². The number of aromatic nitrogens is 2. The van der Waals surface area contributed by atoms with Crippen molar-refractivity contribution in [1.82, 2.24) is 9.78 Å². The molecule has 0 saturated carbocycles. The van der Waals surface area contributed by atoms with Crippen LogP contribution in [0.5, 0.6) is 0 Å². The van der Waals surface area contributed by atoms with Gasteiger partial charge >= 0.3 is 0 Å². The Labute approximate surface area is 65.2 Å². The van der Waals surface area contributed by atoms with E-state index in [1.165, 1.54) is 6.92 Å². The Bertz CT molecular complexity index is 254. The summed E-state index contributed by atoms with van der Waals surface area (Å²) in [5.74, 6) is -0.0688. The third-order valence-corrected chi connectivity index (χ3v) is 1.28. The molecule has 0 saturated heterocycles. The molecule has 11 heavy (non-hydrogen) atoms. The van der Waals surface area contributed by atoms with Gasteiger partial charge in [0, 0.05) is 19.7 Å². The molecule has 1 heterocycles. The van der Waals surface area contributed by atoms with Crippen molar-refractivity contribution in [3.05, 3.63) is 12.4 Å². The lowest BCUT2D eigenvalue weighted by atomic mass is 10.5. The lowest BCUT2D eigenvalue weighted by Gasteiger charge is -1.94. The topological polar surface area (TPSA) is 46.9 Å². The van der Waals surface area contributed by atoms with Crippen molar-refractivity contribution in [2.45, 2.75) is 20.4 Å². The average molecular weight is 153 g/mol. The number of rotatable bonds is 2. The Morgan fingerprint density at radius 2 is 2.55 bits per heavy atom. The SMILES string of the molecule is CCn1cc(NC(C)=O)cn1. The number of nitrogens with one attached hydrogen (secondary N) is 1. The van der Waals surface area contributed by atoms with Crippen LogP contribution in [0.25, 0.3) is 0 Å². The minimum Gasteiger partial charge on any atom is -0.324 e. The van der Waals surface area contributed by atoms with Crippen LogP contribution in [0, 0.1) is 0 Å². The summed E-state index contributed by atoms with van der Waals surface area (Å²) < 4.78 is 1.76. The fourth-order valence-electron chi connectivity index (χ4n) is 0.804. The van der Waals surface area contributed by atoms with E-state index in [0.29, 0.717) is 0 Å². The molecule has 4 heteroatoms. The zero-order valence-electron chi connectivity index (χ0n) is 6.66. The monoisotopic (exact) mass is 153 g/mol. The summed E-state index contributed by atoms with van der Waals surface area (Å²) in [6.07, 6.45) is 3.42. The zero-order chi connectivity index (χ0) is 8.27. The molecule has 60 valence electrons. The largest absolute Gasteiger partial charge is 0.324 e. The van der Waals surface area contributed by atoms with Crippen molar-refractivity contribution >= 4 is 11.6 Å². The number of nitrogens with zero attached hydrogens (tertiary/aromatic N) is 2. The van der Waals surface area contributed by atoms with Gasteiger partial charge in [0.2, 0.25) is 5.91 Å². The quantitative estimate of drug-likeness (QED) is 0.685. The predicted octanol–water partition coefficient (Wildman–Crippen LogP) is 0.861. The van der Waals surface area contributed by atoms with Gasteiger partial charge in [-0.1, -0.05) is 0 Å². The Morgan fingerprint density at radius 3 is 3.00 bits per heavy atom. The number of hydrogen-bond acceptors (Lipinski definition) is 2. The molecule has 1 N–H and O–H groups in total. The first kappa shape index (κ1) is 7.78. The number of carbonyl (C=O) groups is 1. The molecule has 0 fully saturated rings. The second-order valence-corrected chi connectivity index (χ2v) is 2.27. The van der Waals surface area contributed by atoms with Crippen molar-refractivity contribution in [3.63, 3.8) is 0 Å². The Hall–Kier alpha value is -1.32. The Kier molecular flexibility index (Phi) is 2.25. The predicted molar refractivity (Wildman–Crippen MR) is 42.2 cm³/mol. The second-order valence-electron chi connectivity index (χ2n) is 2.27. The molecule has 0 aliphatic rings. The van der Waals surface area contributed by atoms with Crippen LogP contribution in [-0.4, -0.2) is 15.7 Å². The lowest BCUT2D eigenvalue weighted by molar-refractivity contribution is -0.114. The van der Waals surface area contributed by atoms with E-state index in [9.17, 15) is 4.79 Å². The van der Waals surface area contributed by atoms with Crippen LogP contribution in [0.3, 0.4) is 0 Å². The van der Waals surface area contributed by atoms with E-state index in [0.717, 1.165) is 12.2 Å². The molecular formula is C7H11N3O. The van der Waals surface area contributed by atoms with Crippen molar-refractivity contribution in [2.75, 3.05) is 5.32 Å². The summed E-state index contributed by atoms with van der Waals surface area (Å²) in [6, 6.07) is 0. The molecular weight excluding hydrogens is 142 g/mol. The minimum absolute atomic E-state index is 0.0688. The van der Waals surface area contributed by atoms with E-state index in [-0.39, 0.29) is 5.91 Å². The maximum Gasteiger partial charge on any atom is 0.221 e. The maximum atomic E-state index is 10.6. The highest BCUT2D eigenvalue weighted by molar-refractivity contribution is 5.88. The van der Waals surface area contributed by atoms with E-state index in [4.69, 9.17) is 0 Å². The summed E-state index contributed by atoms with van der Waals surface area (Å²) in [4.78, 5) is 10.6. The van der Waals surface area contributed by atoms with Crippen LogP contribution >= 0.6 is 0 Å². The fourth-order valence-corrected chi connectivity index (χ4v) is 0.804. The van der Waals surface area contributed by atoms with Gasteiger partial charge in [-0.2, -0.15) is 5.10 Å². The van der Waals surface area contributed by atoms with Gasteiger partial charge in [0.1, 0.15) is 0 Å². The van der Waals surface area contributed by atoms with Gasteiger partial charge in [-0.05, 0) is 6.92 Å². The van der Waals surface area contributed by atoms with Crippen LogP contribution in [0.4, 0.5) is 5.69 Å². The summed E-state index contributed by atoms with van der Waals surface area (Å²) >= 11 is 0. The highest BCUT2D eigenvalue weighted by Gasteiger charge is 1.96. The highest BCUT2D eigenvalue weighted by Crippen LogP contribution is 2.03. The van der Waals surface area contributed by atoms with Crippen LogP contribution in [0.2, 0.25) is 0 Å². The molecule has 1 aromatic rings. The van der Waals surface area contributed by atoms with E-state index in [2.05, 4.69) is 10.4 Å². The Balaban J connectivity index is 2.65. The average Bonchev–Trinajstić information content (AvgIpc) is 2.34. The molecule has 0 aliphatic carbocycles. The number of amides is 1. The molecule has 1 aromatic heterocycles. The third-order valence-electron chi connectivity index (χ3n) is 1.28. The zero-order valence-corrected chi connectivity index (χ0v) is 6.66. The molecule has 0 radical (unpaired) electrons. The van der Waals surface area contributed by atoms with E-state index in [1.807, 2.05) is 6.92 Å². The molecule has 0 bridgehead atoms. The van der Waals surface area contributed by atoms with Crippen LogP contribution in [0.1, 0.15) is 13.8 Å². The minimum atomic E-state index is -0.0688. The first-order valence-electron chi connectivity index (χ1n) is 3.52. The maximum absolute atomic E-state index is 10.6. The smallest absolute Gasteiger partial charge is 0.221 e. The van der Waals surface area contributed by atoms with E-state index < -0.39 is 0 Å². The summed E-state index contributed by atoms with van der Waals surface area (Å²) in [5.41, 5.74) is 0.749. The molecule has 1 amide bonds. The van der Waals surface area contributed by atoms with Gasteiger partial charge in [0.15, 0.2) is 0 Å². The van der Waals surface area contributed by atoms with Crippen molar-refractivity contribution in [2.24, 2.45) is 0 Å². The van der Waals surface area contributed by atoms with Crippen molar-refractivity contribution in [1.29, 1.82) is 0 Å². The molecule has 0 aliphatic heterocycles. The first-order chi connectivity index (χ1) is 5.22. The number of aryl methyl sites for hydroxylation is 1. The second kappa shape index (κ2) is 3.18. The number of anilines is 1. The van der Waals surface area contributed by atoms with Gasteiger partial charge in [-0.3, -0.25) is 9.48 Å². The standard InChI is InChI=1S/C7H11N3O/c1-3-10-5-7(4-8-10)9-6(2)11/h4-5H,3H2,1-2H3,(H,9,11). The van der Waals surface area contributed by atoms with Crippen LogP contribution < -0.4 is 5.32 Å². The molecule has 0 atom stereocenters.